The third-order valence-corrected chi connectivity index (χ3v) is 6.66. The van der Waals surface area contributed by atoms with Crippen molar-refractivity contribution >= 4 is 52.7 Å². The van der Waals surface area contributed by atoms with Crippen LogP contribution in [0.4, 0.5) is 5.69 Å². The van der Waals surface area contributed by atoms with Gasteiger partial charge in [-0.1, -0.05) is 77.3 Å². The van der Waals surface area contributed by atoms with Crippen LogP contribution in [0.5, 0.6) is 0 Å². The van der Waals surface area contributed by atoms with Crippen molar-refractivity contribution in [3.05, 3.63) is 75.8 Å². The summed E-state index contributed by atoms with van der Waals surface area (Å²) in [5, 5.41) is 22.8. The third kappa shape index (κ3) is 6.97. The smallest absolute Gasteiger partial charge is 0.270 e. The van der Waals surface area contributed by atoms with Crippen molar-refractivity contribution in [2.45, 2.75) is 14.4 Å². The van der Waals surface area contributed by atoms with E-state index in [4.69, 9.17) is 0 Å². The molecule has 0 saturated carbocycles. The third-order valence-electron chi connectivity index (χ3n) is 3.40. The number of hydrogen-bond acceptors (Lipinski definition) is 9. The number of benzene rings is 2. The van der Waals surface area contributed by atoms with Gasteiger partial charge in [0.2, 0.25) is 0 Å². The number of amides is 1. The molecule has 2 aromatic carbocycles. The molecule has 8 nitrogen and oxygen atoms in total. The van der Waals surface area contributed by atoms with E-state index in [-0.39, 0.29) is 17.3 Å². The van der Waals surface area contributed by atoms with Gasteiger partial charge in [0.1, 0.15) is 0 Å². The van der Waals surface area contributed by atoms with Gasteiger partial charge in [-0.25, -0.2) is 5.43 Å². The van der Waals surface area contributed by atoms with E-state index in [1.165, 1.54) is 47.0 Å². The molecule has 3 aromatic rings. The fourth-order valence-electron chi connectivity index (χ4n) is 2.09. The molecule has 0 atom stereocenters. The molecular weight excluding hydrogens is 430 g/mol. The zero-order valence-electron chi connectivity index (χ0n) is 14.9. The maximum Gasteiger partial charge on any atom is 0.270 e. The minimum Gasteiger partial charge on any atom is -0.272 e. The summed E-state index contributed by atoms with van der Waals surface area (Å²) in [4.78, 5) is 22.2. The summed E-state index contributed by atoms with van der Waals surface area (Å²) in [5.74, 6) is 0.655. The number of non-ortho nitro benzene ring substituents is 1. The summed E-state index contributed by atoms with van der Waals surface area (Å²) in [5.41, 5.74) is 4.10. The van der Waals surface area contributed by atoms with Crippen molar-refractivity contribution < 1.29 is 9.72 Å². The Balaban J connectivity index is 1.42. The van der Waals surface area contributed by atoms with Gasteiger partial charge >= 0.3 is 0 Å². The number of hydrazone groups is 1. The molecule has 0 fully saturated rings. The molecule has 1 heterocycles. The summed E-state index contributed by atoms with van der Waals surface area (Å²) in [6.45, 7) is 0. The largest absolute Gasteiger partial charge is 0.272 e. The average Bonchev–Trinajstić information content (AvgIpc) is 3.20. The first kappa shape index (κ1) is 21.0. The van der Waals surface area contributed by atoms with Crippen molar-refractivity contribution in [3.8, 4) is 0 Å². The normalized spacial score (nSPS) is 10.9. The first-order valence-electron chi connectivity index (χ1n) is 8.29. The molecule has 1 amide bonds. The highest BCUT2D eigenvalue weighted by molar-refractivity contribution is 8.03. The molecule has 0 bridgehead atoms. The van der Waals surface area contributed by atoms with E-state index >= 15 is 0 Å². The lowest BCUT2D eigenvalue weighted by Gasteiger charge is -1.98. The molecule has 0 spiro atoms. The summed E-state index contributed by atoms with van der Waals surface area (Å²) >= 11 is 4.32. The quantitative estimate of drug-likeness (QED) is 0.229. The molecule has 0 saturated heterocycles. The highest BCUT2D eigenvalue weighted by atomic mass is 32.2. The zero-order chi connectivity index (χ0) is 20.5. The predicted octanol–water partition coefficient (Wildman–Crippen LogP) is 3.98. The predicted molar refractivity (Wildman–Crippen MR) is 115 cm³/mol. The maximum absolute atomic E-state index is 11.9. The van der Waals surface area contributed by atoms with Crippen LogP contribution in [0, 0.1) is 10.1 Å². The molecular formula is C18H15N5O3S3. The molecule has 148 valence electrons. The van der Waals surface area contributed by atoms with Gasteiger partial charge in [-0.3, -0.25) is 14.9 Å². The van der Waals surface area contributed by atoms with E-state index in [9.17, 15) is 14.9 Å². The van der Waals surface area contributed by atoms with Crippen molar-refractivity contribution in [3.63, 3.8) is 0 Å². The molecule has 0 aliphatic rings. The number of carbonyl (C=O) groups excluding carboxylic acids is 1. The minimum atomic E-state index is -0.485. The van der Waals surface area contributed by atoms with Crippen molar-refractivity contribution in [2.75, 3.05) is 5.75 Å². The molecule has 3 rings (SSSR count). The van der Waals surface area contributed by atoms with Gasteiger partial charge in [-0.15, -0.1) is 10.2 Å². The number of carbonyl (C=O) groups is 1. The lowest BCUT2D eigenvalue weighted by Crippen LogP contribution is -2.19. The Morgan fingerprint density at radius 3 is 2.66 bits per heavy atom. The lowest BCUT2D eigenvalue weighted by molar-refractivity contribution is -0.384. The Bertz CT molecular complexity index is 1010. The number of nitro benzene ring substituents is 1. The van der Waals surface area contributed by atoms with Gasteiger partial charge < -0.3 is 0 Å². The highest BCUT2D eigenvalue weighted by Gasteiger charge is 2.09. The van der Waals surface area contributed by atoms with Gasteiger partial charge in [0, 0.05) is 23.4 Å². The van der Waals surface area contributed by atoms with Gasteiger partial charge in [0.25, 0.3) is 11.6 Å². The summed E-state index contributed by atoms with van der Waals surface area (Å²) in [7, 11) is 0. The number of thioether (sulfide) groups is 2. The number of rotatable bonds is 9. The molecule has 11 heteroatoms. The molecule has 1 N–H and O–H groups in total. The zero-order valence-corrected chi connectivity index (χ0v) is 17.4. The summed E-state index contributed by atoms with van der Waals surface area (Å²) < 4.78 is 1.55. The Labute approximate surface area is 179 Å². The first-order chi connectivity index (χ1) is 14.1. The van der Waals surface area contributed by atoms with Crippen LogP contribution < -0.4 is 5.43 Å². The van der Waals surface area contributed by atoms with E-state index in [1.54, 1.807) is 23.9 Å². The van der Waals surface area contributed by atoms with E-state index < -0.39 is 4.92 Å². The van der Waals surface area contributed by atoms with Crippen molar-refractivity contribution in [1.82, 2.24) is 15.6 Å². The summed E-state index contributed by atoms with van der Waals surface area (Å²) in [6, 6.07) is 16.1. The molecule has 0 unspecified atom stereocenters. The Morgan fingerprint density at radius 2 is 1.90 bits per heavy atom. The molecule has 0 aliphatic carbocycles. The van der Waals surface area contributed by atoms with Gasteiger partial charge in [-0.05, 0) is 5.56 Å². The van der Waals surface area contributed by atoms with Crippen LogP contribution in [0.15, 0.2) is 68.4 Å². The topological polar surface area (TPSA) is 110 Å². The van der Waals surface area contributed by atoms with E-state index in [2.05, 4.69) is 32.9 Å². The maximum atomic E-state index is 11.9. The number of nitrogens with one attached hydrogen (secondary N) is 1. The Kier molecular flexibility index (Phi) is 7.73. The number of aromatic nitrogens is 2. The number of hydrogen-bond donors (Lipinski definition) is 1. The fourth-order valence-corrected chi connectivity index (χ4v) is 4.86. The van der Waals surface area contributed by atoms with Crippen LogP contribution in [0.2, 0.25) is 0 Å². The van der Waals surface area contributed by atoms with E-state index in [1.807, 2.05) is 18.2 Å². The van der Waals surface area contributed by atoms with Crippen LogP contribution in [-0.4, -0.2) is 33.0 Å². The van der Waals surface area contributed by atoms with Crippen molar-refractivity contribution in [2.24, 2.45) is 5.10 Å². The molecule has 29 heavy (non-hydrogen) atoms. The average molecular weight is 446 g/mol. The summed E-state index contributed by atoms with van der Waals surface area (Å²) in [6.07, 6.45) is 1.36. The van der Waals surface area contributed by atoms with Gasteiger partial charge in [0.05, 0.1) is 16.9 Å². The first-order valence-corrected chi connectivity index (χ1v) is 11.1. The van der Waals surface area contributed by atoms with Crippen LogP contribution >= 0.6 is 34.9 Å². The monoisotopic (exact) mass is 445 g/mol. The molecule has 0 aliphatic heterocycles. The van der Waals surface area contributed by atoms with Crippen LogP contribution in [-0.2, 0) is 10.5 Å². The van der Waals surface area contributed by atoms with E-state index in [0.29, 0.717) is 9.90 Å². The standard InChI is InChI=1S/C18H15N5O3S3/c24-16(20-19-10-14-7-4-8-15(9-14)23(25)26)12-28-18-22-21-17(29-18)27-11-13-5-2-1-3-6-13/h1-10H,11-12H2,(H,20,24)/b19-10-. The highest BCUT2D eigenvalue weighted by Crippen LogP contribution is 2.30. The van der Waals surface area contributed by atoms with Crippen LogP contribution in [0.3, 0.4) is 0 Å². The van der Waals surface area contributed by atoms with Crippen LogP contribution in [0.1, 0.15) is 11.1 Å². The molecule has 1 aromatic heterocycles. The lowest BCUT2D eigenvalue weighted by atomic mass is 10.2. The van der Waals surface area contributed by atoms with Gasteiger partial charge in [0.15, 0.2) is 8.68 Å². The van der Waals surface area contributed by atoms with Crippen LogP contribution in [0.25, 0.3) is 0 Å². The Hall–Kier alpha value is -2.76. The van der Waals surface area contributed by atoms with E-state index in [0.717, 1.165) is 10.1 Å². The number of nitrogens with zero attached hydrogens (tertiary/aromatic N) is 4. The van der Waals surface area contributed by atoms with Gasteiger partial charge in [-0.2, -0.15) is 5.10 Å². The fraction of sp³-hybridized carbons (Fsp3) is 0.111. The SMILES string of the molecule is O=C(CSc1nnc(SCc2ccccc2)s1)N/N=C\c1cccc([N+](=O)[O-])c1. The second-order valence-electron chi connectivity index (χ2n) is 5.54. The Morgan fingerprint density at radius 1 is 1.14 bits per heavy atom. The number of nitro groups is 1. The molecule has 0 radical (unpaired) electrons. The second-order valence-corrected chi connectivity index (χ2v) is 8.96. The van der Waals surface area contributed by atoms with Crippen molar-refractivity contribution in [1.29, 1.82) is 0 Å². The second kappa shape index (κ2) is 10.7. The minimum absolute atomic E-state index is 0.0342.